The highest BCUT2D eigenvalue weighted by atomic mass is 19.3. The van der Waals surface area contributed by atoms with Gasteiger partial charge in [-0.3, -0.25) is 19.7 Å². The van der Waals surface area contributed by atoms with Gasteiger partial charge in [-0.1, -0.05) is 6.07 Å². The zero-order chi connectivity index (χ0) is 22.6. The Morgan fingerprint density at radius 2 is 2.13 bits per heavy atom. The fourth-order valence-corrected chi connectivity index (χ4v) is 3.02. The summed E-state index contributed by atoms with van der Waals surface area (Å²) < 4.78 is 40.4. The number of nitrogens with zero attached hydrogens (tertiary/aromatic N) is 3. The first-order chi connectivity index (χ1) is 14.7. The fraction of sp³-hybridized carbons (Fsp3) is 0.389. The molecule has 1 amide bonds. The normalized spacial score (nSPS) is 22.1. The number of carbonyl (C=O) groups is 2. The van der Waals surface area contributed by atoms with Gasteiger partial charge < -0.3 is 19.7 Å². The zero-order valence-electron chi connectivity index (χ0n) is 15.9. The maximum atomic E-state index is 15.0. The van der Waals surface area contributed by atoms with Crippen molar-refractivity contribution in [2.24, 2.45) is 0 Å². The molecule has 3 atom stereocenters. The Hall–Kier alpha value is -3.45. The van der Waals surface area contributed by atoms with Crippen LogP contribution in [-0.4, -0.2) is 61.5 Å². The lowest BCUT2D eigenvalue weighted by atomic mass is 10.1. The first-order valence-corrected chi connectivity index (χ1v) is 9.04. The van der Waals surface area contributed by atoms with Crippen molar-refractivity contribution in [1.82, 2.24) is 14.5 Å². The number of anilines is 1. The van der Waals surface area contributed by atoms with E-state index in [0.29, 0.717) is 10.1 Å². The molecule has 3 rings (SSSR count). The average Bonchev–Trinajstić information content (AvgIpc) is 2.97. The van der Waals surface area contributed by atoms with Crippen LogP contribution in [0.5, 0.6) is 0 Å². The number of hydrogen-bond acceptors (Lipinski definition) is 8. The van der Waals surface area contributed by atoms with Gasteiger partial charge in [-0.25, -0.2) is 9.59 Å². The maximum Gasteiger partial charge on any atom is 0.410 e. The van der Waals surface area contributed by atoms with Crippen LogP contribution in [0.2, 0.25) is 0 Å². The number of aliphatic hydroxyl groups excluding tert-OH is 1. The minimum atomic E-state index is -3.88. The van der Waals surface area contributed by atoms with Gasteiger partial charge in [0.05, 0.1) is 6.61 Å². The predicted octanol–water partition coefficient (Wildman–Crippen LogP) is 0.798. The van der Waals surface area contributed by atoms with Crippen molar-refractivity contribution in [1.29, 1.82) is 0 Å². The highest BCUT2D eigenvalue weighted by molar-refractivity contribution is 5.81. The monoisotopic (exact) mass is 440 g/mol. The highest BCUT2D eigenvalue weighted by Gasteiger charge is 2.62. The van der Waals surface area contributed by atoms with Crippen LogP contribution in [0.4, 0.5) is 19.4 Å². The van der Waals surface area contributed by atoms with Crippen LogP contribution in [0.1, 0.15) is 18.2 Å². The number of ether oxygens (including phenoxy) is 2. The molecule has 0 bridgehead atoms. The van der Waals surface area contributed by atoms with E-state index in [0.717, 1.165) is 12.3 Å². The van der Waals surface area contributed by atoms with Crippen LogP contribution < -0.4 is 11.0 Å². The number of carboxylic acid groups (broad SMARTS) is 1. The highest BCUT2D eigenvalue weighted by Crippen LogP contribution is 2.44. The van der Waals surface area contributed by atoms with Gasteiger partial charge in [0, 0.05) is 25.0 Å². The second-order valence-corrected chi connectivity index (χ2v) is 6.59. The van der Waals surface area contributed by atoms with E-state index in [-0.39, 0.29) is 18.7 Å². The summed E-state index contributed by atoms with van der Waals surface area (Å²) in [5, 5.41) is 19.9. The Labute approximate surface area is 173 Å². The second-order valence-electron chi connectivity index (χ2n) is 6.59. The van der Waals surface area contributed by atoms with E-state index in [1.54, 1.807) is 18.3 Å². The third kappa shape index (κ3) is 5.00. The summed E-state index contributed by atoms with van der Waals surface area (Å²) in [5.74, 6) is -5.19. The van der Waals surface area contributed by atoms with Crippen LogP contribution in [0.3, 0.4) is 0 Å². The number of alkyl halides is 2. The van der Waals surface area contributed by atoms with Gasteiger partial charge in [0.2, 0.25) is 6.23 Å². The molecule has 31 heavy (non-hydrogen) atoms. The van der Waals surface area contributed by atoms with Crippen molar-refractivity contribution in [3.05, 3.63) is 52.8 Å². The molecule has 13 heteroatoms. The zero-order valence-corrected chi connectivity index (χ0v) is 15.9. The van der Waals surface area contributed by atoms with Gasteiger partial charge >= 0.3 is 23.7 Å². The van der Waals surface area contributed by atoms with Crippen molar-refractivity contribution in [2.45, 2.75) is 37.2 Å². The number of halogens is 2. The lowest BCUT2D eigenvalue weighted by Crippen LogP contribution is -2.44. The molecule has 3 N–H and O–H groups in total. The Bertz CT molecular complexity index is 1000. The molecule has 1 aliphatic heterocycles. The van der Waals surface area contributed by atoms with E-state index in [4.69, 9.17) is 14.6 Å². The predicted molar refractivity (Wildman–Crippen MR) is 98.5 cm³/mol. The van der Waals surface area contributed by atoms with Crippen molar-refractivity contribution in [3.63, 3.8) is 0 Å². The standard InChI is InChI=1S/C18H18F2N4O7/c19-18(20)14(31-13(26)4-3-10-2-1-6-21-8-10)11(9-25)30-15(18)24-7-5-12(22-16(24)27)23-17(28)29/h1-2,5-8,11,14-15,25H,3-4,9H2,(H,28,29)(H,22,23,27)/t11-,14-,15-/m1/s1. The molecular weight excluding hydrogens is 422 g/mol. The van der Waals surface area contributed by atoms with Crippen LogP contribution in [-0.2, 0) is 20.7 Å². The molecule has 166 valence electrons. The van der Waals surface area contributed by atoms with E-state index in [1.807, 2.05) is 5.32 Å². The maximum absolute atomic E-state index is 15.0. The number of amides is 1. The molecule has 0 spiro atoms. The quantitative estimate of drug-likeness (QED) is 0.531. The lowest BCUT2D eigenvalue weighted by Gasteiger charge is -2.24. The number of aromatic nitrogens is 3. The smallest absolute Gasteiger partial charge is 0.410 e. The Balaban J connectivity index is 1.74. The summed E-state index contributed by atoms with van der Waals surface area (Å²) >= 11 is 0. The van der Waals surface area contributed by atoms with Gasteiger partial charge in [0.1, 0.15) is 11.9 Å². The van der Waals surface area contributed by atoms with Crippen molar-refractivity contribution >= 4 is 17.9 Å². The molecule has 1 aliphatic rings. The van der Waals surface area contributed by atoms with Gasteiger partial charge in [0.25, 0.3) is 0 Å². The Morgan fingerprint density at radius 3 is 2.74 bits per heavy atom. The topological polar surface area (TPSA) is 153 Å². The Morgan fingerprint density at radius 1 is 1.35 bits per heavy atom. The Kier molecular flexibility index (Phi) is 6.56. The molecular formula is C18H18F2N4O7. The molecule has 2 aromatic heterocycles. The first kappa shape index (κ1) is 22.2. The van der Waals surface area contributed by atoms with E-state index in [9.17, 15) is 28.3 Å². The van der Waals surface area contributed by atoms with E-state index < -0.39 is 48.7 Å². The first-order valence-electron chi connectivity index (χ1n) is 9.04. The third-order valence-electron chi connectivity index (χ3n) is 4.45. The van der Waals surface area contributed by atoms with Crippen molar-refractivity contribution in [3.8, 4) is 0 Å². The minimum absolute atomic E-state index is 0.209. The lowest BCUT2D eigenvalue weighted by molar-refractivity contribution is -0.176. The number of pyridine rings is 1. The molecule has 0 radical (unpaired) electrons. The molecule has 1 saturated heterocycles. The summed E-state index contributed by atoms with van der Waals surface area (Å²) in [6, 6.07) is 4.35. The number of aryl methyl sites for hydroxylation is 1. The van der Waals surface area contributed by atoms with Crippen LogP contribution in [0.15, 0.2) is 41.6 Å². The van der Waals surface area contributed by atoms with Crippen molar-refractivity contribution < 1.29 is 38.1 Å². The minimum Gasteiger partial charge on any atom is -0.465 e. The number of hydrogen-bond donors (Lipinski definition) is 3. The largest absolute Gasteiger partial charge is 0.465 e. The molecule has 3 heterocycles. The van der Waals surface area contributed by atoms with Gasteiger partial charge in [0.15, 0.2) is 6.10 Å². The van der Waals surface area contributed by atoms with Gasteiger partial charge in [-0.2, -0.15) is 13.8 Å². The van der Waals surface area contributed by atoms with E-state index in [2.05, 4.69) is 9.97 Å². The number of rotatable bonds is 7. The molecule has 0 aliphatic carbocycles. The van der Waals surface area contributed by atoms with Crippen LogP contribution in [0, 0.1) is 0 Å². The fourth-order valence-electron chi connectivity index (χ4n) is 3.02. The SMILES string of the molecule is O=C(O)Nc1ccn([C@@H]2O[C@H](CO)[C@@H](OC(=O)CCc3cccnc3)C2(F)F)c(=O)n1. The summed E-state index contributed by atoms with van der Waals surface area (Å²) in [5.41, 5.74) is -0.519. The number of esters is 1. The molecule has 1 fully saturated rings. The van der Waals surface area contributed by atoms with E-state index in [1.165, 1.54) is 6.20 Å². The number of nitrogens with one attached hydrogen (secondary N) is 1. The van der Waals surface area contributed by atoms with E-state index >= 15 is 0 Å². The molecule has 2 aromatic rings. The molecule has 0 unspecified atom stereocenters. The summed E-state index contributed by atoms with van der Waals surface area (Å²) in [7, 11) is 0. The third-order valence-corrected chi connectivity index (χ3v) is 4.45. The van der Waals surface area contributed by atoms with Crippen LogP contribution in [0.25, 0.3) is 0 Å². The van der Waals surface area contributed by atoms with Gasteiger partial charge in [-0.15, -0.1) is 0 Å². The molecule has 0 saturated carbocycles. The number of aliphatic hydroxyl groups is 1. The summed E-state index contributed by atoms with van der Waals surface area (Å²) in [6.07, 6.45) is -3.52. The van der Waals surface area contributed by atoms with Gasteiger partial charge in [-0.05, 0) is 24.1 Å². The van der Waals surface area contributed by atoms with Crippen LogP contribution >= 0.6 is 0 Å². The summed E-state index contributed by atoms with van der Waals surface area (Å²) in [4.78, 5) is 42.1. The second kappa shape index (κ2) is 9.14. The summed E-state index contributed by atoms with van der Waals surface area (Å²) in [6.45, 7) is -0.895. The van der Waals surface area contributed by atoms with Crippen molar-refractivity contribution in [2.75, 3.05) is 11.9 Å². The molecule has 11 nitrogen and oxygen atoms in total. The molecule has 0 aromatic carbocycles. The number of carbonyl (C=O) groups excluding carboxylic acids is 1. The average molecular weight is 440 g/mol.